The van der Waals surface area contributed by atoms with E-state index in [2.05, 4.69) is 5.10 Å². The molecule has 1 aliphatic rings. The monoisotopic (exact) mass is 448 g/mol. The zero-order valence-corrected chi connectivity index (χ0v) is 17.9. The molecule has 31 heavy (non-hydrogen) atoms. The van der Waals surface area contributed by atoms with Crippen molar-refractivity contribution in [2.75, 3.05) is 6.26 Å². The highest BCUT2D eigenvalue weighted by molar-refractivity contribution is 7.90. The fraction of sp³-hybridized carbons (Fsp3) is 0.348. The lowest BCUT2D eigenvalue weighted by atomic mass is 9.95. The molecule has 0 spiro atoms. The molecule has 0 radical (unpaired) electrons. The molecule has 0 unspecified atom stereocenters. The van der Waals surface area contributed by atoms with Crippen LogP contribution in [-0.2, 0) is 16.0 Å². The smallest absolute Gasteiger partial charge is 0.261 e. The molecule has 164 valence electrons. The first-order chi connectivity index (χ1) is 14.6. The van der Waals surface area contributed by atoms with Crippen LogP contribution in [0.5, 0.6) is 0 Å². The minimum absolute atomic E-state index is 0.0361. The van der Waals surface area contributed by atoms with Gasteiger partial charge in [0.1, 0.15) is 0 Å². The molecular formula is C23H23F3N2O2S. The molecule has 8 heteroatoms. The molecule has 0 amide bonds. The van der Waals surface area contributed by atoms with Gasteiger partial charge in [-0.15, -0.1) is 0 Å². The molecule has 0 N–H and O–H groups in total. The molecule has 0 saturated heterocycles. The molecule has 4 rings (SSSR count). The van der Waals surface area contributed by atoms with E-state index in [0.29, 0.717) is 11.3 Å². The molecule has 1 aliphatic carbocycles. The SMILES string of the molecule is CS(=O)(=O)c1cccc(-c2ccc(-c3cc(C(F)(F)F)nn3C3CCCCC3)cc2)c1. The van der Waals surface area contributed by atoms with Crippen LogP contribution in [0.15, 0.2) is 59.5 Å². The maximum atomic E-state index is 13.4. The topological polar surface area (TPSA) is 52.0 Å². The Bertz CT molecular complexity index is 1180. The van der Waals surface area contributed by atoms with E-state index in [1.807, 2.05) is 0 Å². The predicted molar refractivity (Wildman–Crippen MR) is 113 cm³/mol. The highest BCUT2D eigenvalue weighted by Gasteiger charge is 2.36. The first-order valence-corrected chi connectivity index (χ1v) is 12.1. The second kappa shape index (κ2) is 8.15. The van der Waals surface area contributed by atoms with Crippen LogP contribution < -0.4 is 0 Å². The van der Waals surface area contributed by atoms with E-state index in [1.54, 1.807) is 47.1 Å². The van der Waals surface area contributed by atoms with Gasteiger partial charge in [-0.05, 0) is 47.7 Å². The van der Waals surface area contributed by atoms with Crippen molar-refractivity contribution >= 4 is 9.84 Å². The lowest BCUT2D eigenvalue weighted by Gasteiger charge is -2.24. The molecule has 1 fully saturated rings. The maximum Gasteiger partial charge on any atom is 0.435 e. The van der Waals surface area contributed by atoms with Gasteiger partial charge < -0.3 is 0 Å². The number of alkyl halides is 3. The van der Waals surface area contributed by atoms with Crippen LogP contribution in [0.25, 0.3) is 22.4 Å². The van der Waals surface area contributed by atoms with E-state index in [0.717, 1.165) is 55.6 Å². The standard InChI is InChI=1S/C23H23F3N2O2S/c1-31(29,30)20-9-5-6-18(14-20)16-10-12-17(13-11-16)21-15-22(23(24,25)26)27-28(21)19-7-3-2-4-8-19/h5-6,9-15,19H,2-4,7-8H2,1H3. The highest BCUT2D eigenvalue weighted by Crippen LogP contribution is 2.37. The van der Waals surface area contributed by atoms with Crippen LogP contribution >= 0.6 is 0 Å². The van der Waals surface area contributed by atoms with Crippen LogP contribution in [0.3, 0.4) is 0 Å². The number of halogens is 3. The minimum atomic E-state index is -4.50. The van der Waals surface area contributed by atoms with Crippen molar-refractivity contribution in [3.8, 4) is 22.4 Å². The number of sulfone groups is 1. The summed E-state index contributed by atoms with van der Waals surface area (Å²) in [5.41, 5.74) is 1.74. The Morgan fingerprint density at radius 2 is 1.55 bits per heavy atom. The number of hydrogen-bond acceptors (Lipinski definition) is 3. The lowest BCUT2D eigenvalue weighted by Crippen LogP contribution is -2.16. The van der Waals surface area contributed by atoms with E-state index in [4.69, 9.17) is 0 Å². The zero-order chi connectivity index (χ0) is 22.2. The Kier molecular flexibility index (Phi) is 5.68. The van der Waals surface area contributed by atoms with Crippen molar-refractivity contribution in [3.05, 3.63) is 60.3 Å². The molecule has 4 nitrogen and oxygen atoms in total. The van der Waals surface area contributed by atoms with Gasteiger partial charge in [0.2, 0.25) is 0 Å². The van der Waals surface area contributed by atoms with Crippen LogP contribution in [0.2, 0.25) is 0 Å². The maximum absolute atomic E-state index is 13.4. The number of benzene rings is 2. The van der Waals surface area contributed by atoms with Crippen molar-refractivity contribution in [2.45, 2.75) is 49.2 Å². The quantitative estimate of drug-likeness (QED) is 0.481. The van der Waals surface area contributed by atoms with Crippen LogP contribution in [0, 0.1) is 0 Å². The predicted octanol–water partition coefficient (Wildman–Crippen LogP) is 6.14. The van der Waals surface area contributed by atoms with E-state index >= 15 is 0 Å². The minimum Gasteiger partial charge on any atom is -0.261 e. The Hall–Kier alpha value is -2.61. The molecule has 0 aliphatic heterocycles. The number of aromatic nitrogens is 2. The first-order valence-electron chi connectivity index (χ1n) is 10.2. The van der Waals surface area contributed by atoms with Crippen molar-refractivity contribution in [1.29, 1.82) is 0 Å². The van der Waals surface area contributed by atoms with Crippen molar-refractivity contribution < 1.29 is 21.6 Å². The van der Waals surface area contributed by atoms with Gasteiger partial charge >= 0.3 is 6.18 Å². The summed E-state index contributed by atoms with van der Waals surface area (Å²) in [4.78, 5) is 0.222. The van der Waals surface area contributed by atoms with Gasteiger partial charge in [0, 0.05) is 6.26 Å². The molecule has 2 aromatic carbocycles. The van der Waals surface area contributed by atoms with E-state index in [9.17, 15) is 21.6 Å². The van der Waals surface area contributed by atoms with E-state index in [1.165, 1.54) is 6.07 Å². The lowest BCUT2D eigenvalue weighted by molar-refractivity contribution is -0.141. The Morgan fingerprint density at radius 3 is 2.16 bits per heavy atom. The van der Waals surface area contributed by atoms with E-state index in [-0.39, 0.29) is 10.9 Å². The summed E-state index contributed by atoms with van der Waals surface area (Å²) in [6.45, 7) is 0. The Balaban J connectivity index is 1.71. The Labute approximate surface area is 179 Å². The third-order valence-corrected chi connectivity index (χ3v) is 6.83. The number of nitrogens with zero attached hydrogens (tertiary/aromatic N) is 2. The van der Waals surface area contributed by atoms with Gasteiger partial charge in [-0.3, -0.25) is 4.68 Å². The molecular weight excluding hydrogens is 425 g/mol. The van der Waals surface area contributed by atoms with Gasteiger partial charge in [0.25, 0.3) is 0 Å². The second-order valence-electron chi connectivity index (χ2n) is 8.03. The summed E-state index contributed by atoms with van der Waals surface area (Å²) < 4.78 is 65.3. The van der Waals surface area contributed by atoms with Crippen LogP contribution in [-0.4, -0.2) is 24.5 Å². The molecule has 0 atom stereocenters. The van der Waals surface area contributed by atoms with Crippen LogP contribution in [0.1, 0.15) is 43.8 Å². The van der Waals surface area contributed by atoms with Crippen LogP contribution in [0.4, 0.5) is 13.2 Å². The van der Waals surface area contributed by atoms with Crippen molar-refractivity contribution in [1.82, 2.24) is 9.78 Å². The molecule has 1 saturated carbocycles. The largest absolute Gasteiger partial charge is 0.435 e. The second-order valence-corrected chi connectivity index (χ2v) is 10.0. The molecule has 1 aromatic heterocycles. The normalized spacial score (nSPS) is 15.9. The average molecular weight is 449 g/mol. The molecule has 1 heterocycles. The van der Waals surface area contributed by atoms with E-state index < -0.39 is 21.7 Å². The molecule has 3 aromatic rings. The average Bonchev–Trinajstić information content (AvgIpc) is 3.20. The summed E-state index contributed by atoms with van der Waals surface area (Å²) in [7, 11) is -3.33. The highest BCUT2D eigenvalue weighted by atomic mass is 32.2. The number of rotatable bonds is 4. The summed E-state index contributed by atoms with van der Waals surface area (Å²) >= 11 is 0. The number of hydrogen-bond donors (Lipinski definition) is 0. The molecule has 0 bridgehead atoms. The van der Waals surface area contributed by atoms with Crippen molar-refractivity contribution in [3.63, 3.8) is 0 Å². The summed E-state index contributed by atoms with van der Waals surface area (Å²) in [6.07, 6.45) is 1.37. The van der Waals surface area contributed by atoms with Gasteiger partial charge in [-0.2, -0.15) is 18.3 Å². The van der Waals surface area contributed by atoms with Gasteiger partial charge in [0.05, 0.1) is 16.6 Å². The van der Waals surface area contributed by atoms with Crippen molar-refractivity contribution in [2.24, 2.45) is 0 Å². The third kappa shape index (κ3) is 4.69. The fourth-order valence-electron chi connectivity index (χ4n) is 4.09. The first kappa shape index (κ1) is 21.6. The zero-order valence-electron chi connectivity index (χ0n) is 17.1. The summed E-state index contributed by atoms with van der Waals surface area (Å²) in [5, 5.41) is 3.93. The third-order valence-electron chi connectivity index (χ3n) is 5.72. The van der Waals surface area contributed by atoms with Gasteiger partial charge in [0.15, 0.2) is 15.5 Å². The summed E-state index contributed by atoms with van der Waals surface area (Å²) in [6, 6.07) is 14.8. The van der Waals surface area contributed by atoms with Gasteiger partial charge in [-0.1, -0.05) is 55.7 Å². The Morgan fingerprint density at radius 1 is 0.903 bits per heavy atom. The fourth-order valence-corrected chi connectivity index (χ4v) is 4.76. The van der Waals surface area contributed by atoms with Gasteiger partial charge in [-0.25, -0.2) is 8.42 Å². The summed E-state index contributed by atoms with van der Waals surface area (Å²) in [5.74, 6) is 0.